The van der Waals surface area contributed by atoms with Gasteiger partial charge in [-0.15, -0.1) is 5.10 Å². The Balaban J connectivity index is 1.65. The molecule has 5 aromatic rings. The van der Waals surface area contributed by atoms with Crippen molar-refractivity contribution in [3.63, 3.8) is 0 Å². The molecular weight excluding hydrogens is 447 g/mol. The molecule has 176 valence electrons. The molecule has 0 saturated heterocycles. The summed E-state index contributed by atoms with van der Waals surface area (Å²) in [6, 6.07) is 17.4. The van der Waals surface area contributed by atoms with E-state index >= 15 is 0 Å². The van der Waals surface area contributed by atoms with E-state index in [0.717, 1.165) is 16.7 Å². The fraction of sp³-hybridized carbons (Fsp3) is 0.148. The van der Waals surface area contributed by atoms with Gasteiger partial charge in [-0.2, -0.15) is 0 Å². The molecule has 2 aromatic heterocycles. The number of hydrogen-bond donors (Lipinski definition) is 2. The predicted molar refractivity (Wildman–Crippen MR) is 134 cm³/mol. The molecular formula is C27H23FN4O3. The first-order valence-corrected chi connectivity index (χ1v) is 11.1. The molecule has 0 fully saturated rings. The number of rotatable bonds is 5. The summed E-state index contributed by atoms with van der Waals surface area (Å²) in [5.74, 6) is -0.0421. The maximum atomic E-state index is 14.8. The molecule has 0 amide bonds. The van der Waals surface area contributed by atoms with Crippen LogP contribution >= 0.6 is 0 Å². The smallest absolute Gasteiger partial charge is 0.313 e. The number of anilines is 2. The normalized spacial score (nSPS) is 12.1. The van der Waals surface area contributed by atoms with Gasteiger partial charge in [-0.1, -0.05) is 47.6 Å². The number of benzene rings is 3. The maximum absolute atomic E-state index is 14.8. The van der Waals surface area contributed by atoms with E-state index in [4.69, 9.17) is 14.6 Å². The zero-order chi connectivity index (χ0) is 24.7. The molecule has 0 aliphatic heterocycles. The standard InChI is InChI=1S/C27H23FN4O3/c1-14-12-18(16(3)30-21-11-7-10-20(28)22(21)26-31-32-27(29)35-26)25-19(13-14)23(33)15(2)24(34-25)17-8-5-4-6-9-17/h4-13,16,30H,1-3H3,(H2,29,32)/t16-/m1/s1. The van der Waals surface area contributed by atoms with Crippen molar-refractivity contribution in [1.82, 2.24) is 10.2 Å². The zero-order valence-electron chi connectivity index (χ0n) is 19.4. The Morgan fingerprint density at radius 1 is 1.00 bits per heavy atom. The first kappa shape index (κ1) is 22.3. The topological polar surface area (TPSA) is 107 Å². The van der Waals surface area contributed by atoms with Gasteiger partial charge >= 0.3 is 6.01 Å². The van der Waals surface area contributed by atoms with E-state index in [1.807, 2.05) is 56.3 Å². The summed E-state index contributed by atoms with van der Waals surface area (Å²) < 4.78 is 26.4. The molecule has 0 spiro atoms. The molecule has 5 rings (SSSR count). The highest BCUT2D eigenvalue weighted by Crippen LogP contribution is 2.35. The van der Waals surface area contributed by atoms with Crippen molar-refractivity contribution in [2.24, 2.45) is 0 Å². The van der Waals surface area contributed by atoms with E-state index in [1.54, 1.807) is 19.1 Å². The van der Waals surface area contributed by atoms with Crippen molar-refractivity contribution in [3.05, 3.63) is 93.4 Å². The third-order valence-electron chi connectivity index (χ3n) is 5.93. The third kappa shape index (κ3) is 4.03. The summed E-state index contributed by atoms with van der Waals surface area (Å²) in [6.45, 7) is 5.60. The molecule has 0 bridgehead atoms. The van der Waals surface area contributed by atoms with Crippen LogP contribution in [0.5, 0.6) is 0 Å². The summed E-state index contributed by atoms with van der Waals surface area (Å²) in [4.78, 5) is 13.3. The molecule has 0 saturated carbocycles. The van der Waals surface area contributed by atoms with Crippen LogP contribution in [0.15, 0.2) is 74.3 Å². The van der Waals surface area contributed by atoms with Crippen molar-refractivity contribution in [2.45, 2.75) is 26.8 Å². The van der Waals surface area contributed by atoms with Crippen LogP contribution in [0.4, 0.5) is 16.1 Å². The van der Waals surface area contributed by atoms with Crippen molar-refractivity contribution in [1.29, 1.82) is 0 Å². The lowest BCUT2D eigenvalue weighted by molar-refractivity contribution is 0.575. The maximum Gasteiger partial charge on any atom is 0.313 e. The van der Waals surface area contributed by atoms with E-state index in [2.05, 4.69) is 15.5 Å². The molecule has 0 radical (unpaired) electrons. The van der Waals surface area contributed by atoms with Crippen LogP contribution in [0.1, 0.15) is 29.7 Å². The Labute approximate surface area is 200 Å². The summed E-state index contributed by atoms with van der Waals surface area (Å²) in [6.07, 6.45) is 0. The van der Waals surface area contributed by atoms with Gasteiger partial charge in [0.25, 0.3) is 5.89 Å². The fourth-order valence-corrected chi connectivity index (χ4v) is 4.26. The molecule has 1 atom stereocenters. The second-order valence-electron chi connectivity index (χ2n) is 8.46. The highest BCUT2D eigenvalue weighted by atomic mass is 19.1. The van der Waals surface area contributed by atoms with Crippen molar-refractivity contribution < 1.29 is 13.2 Å². The van der Waals surface area contributed by atoms with Gasteiger partial charge in [0.2, 0.25) is 0 Å². The molecule has 7 nitrogen and oxygen atoms in total. The summed E-state index contributed by atoms with van der Waals surface area (Å²) in [5.41, 5.74) is 9.52. The Bertz CT molecular complexity index is 1610. The molecule has 2 heterocycles. The number of nitrogens with one attached hydrogen (secondary N) is 1. The lowest BCUT2D eigenvalue weighted by Crippen LogP contribution is -2.13. The van der Waals surface area contributed by atoms with Crippen LogP contribution in [0.25, 0.3) is 33.7 Å². The highest BCUT2D eigenvalue weighted by molar-refractivity contribution is 5.85. The first-order chi connectivity index (χ1) is 16.8. The minimum absolute atomic E-state index is 0.0297. The molecule has 35 heavy (non-hydrogen) atoms. The second kappa shape index (κ2) is 8.72. The number of nitrogens with two attached hydrogens (primary N) is 1. The van der Waals surface area contributed by atoms with E-state index in [-0.39, 0.29) is 28.9 Å². The van der Waals surface area contributed by atoms with Gasteiger partial charge in [0.15, 0.2) is 5.43 Å². The number of fused-ring (bicyclic) bond motifs is 1. The van der Waals surface area contributed by atoms with E-state index < -0.39 is 5.82 Å². The fourth-order valence-electron chi connectivity index (χ4n) is 4.26. The SMILES string of the molecule is Cc1cc([C@@H](C)Nc2cccc(F)c2-c2nnc(N)o2)c2oc(-c3ccccc3)c(C)c(=O)c2c1. The van der Waals surface area contributed by atoms with Gasteiger partial charge in [0, 0.05) is 16.7 Å². The lowest BCUT2D eigenvalue weighted by Gasteiger charge is -2.20. The van der Waals surface area contributed by atoms with Gasteiger partial charge in [0.05, 0.1) is 22.7 Å². The van der Waals surface area contributed by atoms with Gasteiger partial charge < -0.3 is 19.9 Å². The average molecular weight is 471 g/mol. The lowest BCUT2D eigenvalue weighted by atomic mass is 9.98. The van der Waals surface area contributed by atoms with Crippen LogP contribution < -0.4 is 16.5 Å². The Hall–Kier alpha value is -4.46. The zero-order valence-corrected chi connectivity index (χ0v) is 19.4. The third-order valence-corrected chi connectivity index (χ3v) is 5.93. The molecule has 3 aromatic carbocycles. The van der Waals surface area contributed by atoms with Gasteiger partial charge in [-0.25, -0.2) is 4.39 Å². The van der Waals surface area contributed by atoms with E-state index in [9.17, 15) is 9.18 Å². The first-order valence-electron chi connectivity index (χ1n) is 11.1. The molecule has 0 aliphatic carbocycles. The van der Waals surface area contributed by atoms with Crippen LogP contribution in [0.3, 0.4) is 0 Å². The molecule has 0 aliphatic rings. The number of aromatic nitrogens is 2. The molecule has 8 heteroatoms. The van der Waals surface area contributed by atoms with Crippen molar-refractivity contribution in [3.8, 4) is 22.8 Å². The quantitative estimate of drug-likeness (QED) is 0.323. The summed E-state index contributed by atoms with van der Waals surface area (Å²) in [5, 5.41) is 11.3. The van der Waals surface area contributed by atoms with Gasteiger partial charge in [0.1, 0.15) is 17.2 Å². The Kier molecular flexibility index (Phi) is 5.56. The van der Waals surface area contributed by atoms with Crippen molar-refractivity contribution in [2.75, 3.05) is 11.1 Å². The van der Waals surface area contributed by atoms with Crippen molar-refractivity contribution >= 4 is 22.7 Å². The number of hydrogen-bond acceptors (Lipinski definition) is 7. The monoisotopic (exact) mass is 470 g/mol. The van der Waals surface area contributed by atoms with Crippen LogP contribution in [-0.4, -0.2) is 10.2 Å². The summed E-state index contributed by atoms with van der Waals surface area (Å²) in [7, 11) is 0. The predicted octanol–water partition coefficient (Wildman–Crippen LogP) is 6.02. The summed E-state index contributed by atoms with van der Waals surface area (Å²) >= 11 is 0. The average Bonchev–Trinajstić information content (AvgIpc) is 3.27. The molecule has 3 N–H and O–H groups in total. The largest absolute Gasteiger partial charge is 0.455 e. The van der Waals surface area contributed by atoms with Gasteiger partial charge in [-0.3, -0.25) is 4.79 Å². The highest BCUT2D eigenvalue weighted by Gasteiger charge is 2.22. The van der Waals surface area contributed by atoms with Crippen LogP contribution in [-0.2, 0) is 0 Å². The number of nitrogen functional groups attached to an aromatic ring is 1. The molecule has 0 unspecified atom stereocenters. The van der Waals surface area contributed by atoms with Gasteiger partial charge in [-0.05, 0) is 44.5 Å². The van der Waals surface area contributed by atoms with E-state index in [1.165, 1.54) is 6.07 Å². The Morgan fingerprint density at radius 2 is 1.77 bits per heavy atom. The number of aryl methyl sites for hydroxylation is 1. The van der Waals surface area contributed by atoms with E-state index in [0.29, 0.717) is 28.0 Å². The minimum atomic E-state index is -0.534. The second-order valence-corrected chi connectivity index (χ2v) is 8.46. The minimum Gasteiger partial charge on any atom is -0.455 e. The number of nitrogens with zero attached hydrogens (tertiary/aromatic N) is 2. The Morgan fingerprint density at radius 3 is 2.49 bits per heavy atom. The van der Waals surface area contributed by atoms with Crippen LogP contribution in [0, 0.1) is 19.7 Å². The van der Waals surface area contributed by atoms with Crippen LogP contribution in [0.2, 0.25) is 0 Å². The number of halogens is 1.